The Kier molecular flexibility index (Phi) is 15.3. The lowest BCUT2D eigenvalue weighted by atomic mass is 10.1. The Morgan fingerprint density at radius 1 is 0.935 bits per heavy atom. The molecule has 2 aromatic carbocycles. The van der Waals surface area contributed by atoms with E-state index in [1.807, 2.05) is 40.0 Å². The number of hydrazone groups is 1. The molecule has 2 aromatic rings. The van der Waals surface area contributed by atoms with Gasteiger partial charge in [0.05, 0.1) is 13.3 Å². The molecular formula is C28H44N6O8P3S+. The third kappa shape index (κ3) is 14.2. The zero-order valence-electron chi connectivity index (χ0n) is 26.7. The van der Waals surface area contributed by atoms with Gasteiger partial charge in [0.2, 0.25) is 0 Å². The number of azide groups is 1. The first-order chi connectivity index (χ1) is 21.4. The third-order valence-corrected chi connectivity index (χ3v) is 11.8. The molecule has 2 rings (SSSR count). The summed E-state index contributed by atoms with van der Waals surface area (Å²) in [6.45, 7) is 6.47. The predicted octanol–water partition coefficient (Wildman–Crippen LogP) is 6.73. The SMILES string of the molecule is CCCC(C)(N=[N+]=[N-])Oc1ccc(/C=N/N(C)[P+](=S)C(C)(CCC)Oc2ccc(CCN(CP(=O)(O)O)CP(=O)(O)O)cc2)cc1. The number of hydrogen-bond acceptors (Lipinski definition) is 8. The van der Waals surface area contributed by atoms with Crippen molar-refractivity contribution in [1.29, 1.82) is 0 Å². The molecule has 0 heterocycles. The Bertz CT molecular complexity index is 1440. The van der Waals surface area contributed by atoms with Crippen molar-refractivity contribution in [2.45, 2.75) is 70.9 Å². The number of hydrogen-bond donors (Lipinski definition) is 4. The molecule has 0 radical (unpaired) electrons. The summed E-state index contributed by atoms with van der Waals surface area (Å²) in [5.41, 5.74) is 9.56. The van der Waals surface area contributed by atoms with E-state index in [1.165, 1.54) is 0 Å². The molecule has 0 aliphatic carbocycles. The molecule has 0 aromatic heterocycles. The topological polar surface area (TPSA) is 201 Å². The van der Waals surface area contributed by atoms with Crippen LogP contribution in [0.2, 0.25) is 0 Å². The van der Waals surface area contributed by atoms with Crippen LogP contribution in [0.3, 0.4) is 0 Å². The standard InChI is InChI=1S/C28H43N6O8P3S/c1-6-17-27(3,31-32-29)41-25-14-10-24(11-15-25)20-30-33(5)43(46)28(4,18-7-2)42-26-12-8-23(9-13-26)16-19-34(21-44(35,36)37)22-45(38,39)40/h8-15,20H,6-7,16-19,21-22H2,1-5H3,(H3-,35,36,37,38,39,40)/p+1/b30-20+. The van der Waals surface area contributed by atoms with Gasteiger partial charge in [0.15, 0.2) is 17.5 Å². The number of ether oxygens (including phenoxy) is 2. The smallest absolute Gasteiger partial charge is 0.358 e. The molecule has 0 spiro atoms. The van der Waals surface area contributed by atoms with Crippen LogP contribution >= 0.6 is 22.0 Å². The van der Waals surface area contributed by atoms with Gasteiger partial charge in [-0.2, -0.15) is 0 Å². The summed E-state index contributed by atoms with van der Waals surface area (Å²) in [5, 5.41) is 7.66. The minimum Gasteiger partial charge on any atom is -0.481 e. The fourth-order valence-electron chi connectivity index (χ4n) is 4.68. The van der Waals surface area contributed by atoms with E-state index in [0.717, 1.165) is 28.9 Å². The molecule has 4 N–H and O–H groups in total. The van der Waals surface area contributed by atoms with E-state index in [-0.39, 0.29) is 6.54 Å². The minimum absolute atomic E-state index is 0.0496. The van der Waals surface area contributed by atoms with Gasteiger partial charge in [-0.1, -0.05) is 32.4 Å². The Morgan fingerprint density at radius 3 is 1.96 bits per heavy atom. The Morgan fingerprint density at radius 2 is 1.46 bits per heavy atom. The second kappa shape index (κ2) is 17.7. The van der Waals surface area contributed by atoms with Crippen molar-refractivity contribution in [3.05, 3.63) is 70.1 Å². The van der Waals surface area contributed by atoms with E-state index < -0.39 is 45.7 Å². The third-order valence-electron chi connectivity index (χ3n) is 6.69. The molecule has 0 saturated carbocycles. The van der Waals surface area contributed by atoms with Crippen molar-refractivity contribution in [1.82, 2.24) is 9.68 Å². The first-order valence-electron chi connectivity index (χ1n) is 14.6. The lowest BCUT2D eigenvalue weighted by molar-refractivity contribution is 0.0857. The van der Waals surface area contributed by atoms with Gasteiger partial charge < -0.3 is 29.0 Å². The Labute approximate surface area is 276 Å². The normalized spacial score (nSPS) is 15.1. The van der Waals surface area contributed by atoms with Gasteiger partial charge in [-0.05, 0) is 84.4 Å². The summed E-state index contributed by atoms with van der Waals surface area (Å²) in [6.07, 6.45) is 3.41. The van der Waals surface area contributed by atoms with Crippen LogP contribution in [0.15, 0.2) is 58.7 Å². The van der Waals surface area contributed by atoms with Crippen molar-refractivity contribution in [3.63, 3.8) is 0 Å². The largest absolute Gasteiger partial charge is 0.481 e. The monoisotopic (exact) mass is 717 g/mol. The molecular weight excluding hydrogens is 673 g/mol. The minimum atomic E-state index is -4.50. The van der Waals surface area contributed by atoms with E-state index in [4.69, 9.17) is 26.8 Å². The van der Waals surface area contributed by atoms with E-state index in [9.17, 15) is 28.7 Å². The van der Waals surface area contributed by atoms with E-state index in [0.29, 0.717) is 30.8 Å². The fourth-order valence-corrected chi connectivity index (χ4v) is 8.23. The maximum atomic E-state index is 11.4. The summed E-state index contributed by atoms with van der Waals surface area (Å²) in [4.78, 5) is 41.1. The molecule has 0 aliphatic rings. The molecule has 0 fully saturated rings. The zero-order chi connectivity index (χ0) is 34.6. The van der Waals surface area contributed by atoms with Crippen molar-refractivity contribution in [2.75, 3.05) is 26.2 Å². The summed E-state index contributed by atoms with van der Waals surface area (Å²) < 4.78 is 36.9. The second-order valence-electron chi connectivity index (χ2n) is 11.2. The molecule has 0 amide bonds. The van der Waals surface area contributed by atoms with Gasteiger partial charge in [-0.15, -0.1) is 9.88 Å². The number of nitrogens with zero attached hydrogens (tertiary/aromatic N) is 6. The lowest BCUT2D eigenvalue weighted by Crippen LogP contribution is -2.31. The highest BCUT2D eigenvalue weighted by Crippen LogP contribution is 2.46. The van der Waals surface area contributed by atoms with Gasteiger partial charge in [0.1, 0.15) is 24.1 Å². The first kappa shape index (κ1) is 39.8. The van der Waals surface area contributed by atoms with Crippen molar-refractivity contribution in [3.8, 4) is 11.5 Å². The molecule has 0 aliphatic heterocycles. The van der Waals surface area contributed by atoms with Crippen LogP contribution in [0.4, 0.5) is 0 Å². The number of rotatable bonds is 20. The highest BCUT2D eigenvalue weighted by atomic mass is 32.4. The molecule has 0 saturated heterocycles. The van der Waals surface area contributed by atoms with Gasteiger partial charge in [-0.25, -0.2) is 0 Å². The molecule has 254 valence electrons. The summed E-state index contributed by atoms with van der Waals surface area (Å²) in [7, 11) is -7.19. The summed E-state index contributed by atoms with van der Waals surface area (Å²) >= 11 is 5.95. The average molecular weight is 718 g/mol. The lowest BCUT2D eigenvalue weighted by Gasteiger charge is -2.25. The van der Waals surface area contributed by atoms with E-state index >= 15 is 0 Å². The van der Waals surface area contributed by atoms with Crippen LogP contribution in [0.1, 0.15) is 64.5 Å². The van der Waals surface area contributed by atoms with Crippen LogP contribution in [-0.2, 0) is 27.4 Å². The van der Waals surface area contributed by atoms with E-state index in [2.05, 4.69) is 15.1 Å². The average Bonchev–Trinajstić information content (AvgIpc) is 2.94. The van der Waals surface area contributed by atoms with Gasteiger partial charge >= 0.3 is 22.0 Å². The predicted molar refractivity (Wildman–Crippen MR) is 184 cm³/mol. The first-order valence-corrected chi connectivity index (χ1v) is 20.5. The van der Waals surface area contributed by atoms with Crippen LogP contribution in [0.5, 0.6) is 11.5 Å². The van der Waals surface area contributed by atoms with E-state index in [1.54, 1.807) is 54.3 Å². The molecule has 0 bridgehead atoms. The Balaban J connectivity index is 2.08. The number of benzene rings is 2. The highest BCUT2D eigenvalue weighted by molar-refractivity contribution is 8.04. The Hall–Kier alpha value is -2.40. The van der Waals surface area contributed by atoms with Crippen LogP contribution in [-0.4, -0.2) is 72.7 Å². The van der Waals surface area contributed by atoms with Crippen molar-refractivity contribution < 1.29 is 38.2 Å². The van der Waals surface area contributed by atoms with Crippen molar-refractivity contribution in [2.24, 2.45) is 10.2 Å². The molecule has 18 heteroatoms. The molecule has 14 nitrogen and oxygen atoms in total. The van der Waals surface area contributed by atoms with Crippen LogP contribution in [0, 0.1) is 0 Å². The van der Waals surface area contributed by atoms with Crippen LogP contribution in [0.25, 0.3) is 10.4 Å². The molecule has 46 heavy (non-hydrogen) atoms. The van der Waals surface area contributed by atoms with Crippen molar-refractivity contribution >= 4 is 40.1 Å². The maximum Gasteiger partial charge on any atom is 0.358 e. The van der Waals surface area contributed by atoms with Gasteiger partial charge in [0, 0.05) is 24.8 Å². The fraction of sp³-hybridized carbons (Fsp3) is 0.536. The quantitative estimate of drug-likeness (QED) is 0.0283. The second-order valence-corrected chi connectivity index (χ2v) is 17.6. The van der Waals surface area contributed by atoms with Crippen LogP contribution < -0.4 is 9.47 Å². The molecule has 3 unspecified atom stereocenters. The summed E-state index contributed by atoms with van der Waals surface area (Å²) in [5.74, 6) is 1.16. The highest BCUT2D eigenvalue weighted by Gasteiger charge is 2.45. The maximum absolute atomic E-state index is 11.4. The molecule has 3 atom stereocenters. The zero-order valence-corrected chi connectivity index (χ0v) is 30.2. The van der Waals surface area contributed by atoms with Gasteiger partial charge in [-0.3, -0.25) is 14.0 Å². The summed E-state index contributed by atoms with van der Waals surface area (Å²) in [6, 6.07) is 14.4. The van der Waals surface area contributed by atoms with Gasteiger partial charge in [0.25, 0.3) is 5.34 Å².